The van der Waals surface area contributed by atoms with E-state index in [0.717, 1.165) is 0 Å². The number of benzene rings is 2. The van der Waals surface area contributed by atoms with Crippen molar-refractivity contribution in [2.24, 2.45) is 0 Å². The Labute approximate surface area is 126 Å². The van der Waals surface area contributed by atoms with Gasteiger partial charge in [-0.1, -0.05) is 60.2 Å². The van der Waals surface area contributed by atoms with E-state index < -0.39 is 0 Å². The van der Waals surface area contributed by atoms with Crippen LogP contribution in [0.25, 0.3) is 0 Å². The minimum absolute atomic E-state index is 0.0445. The Morgan fingerprint density at radius 2 is 1.57 bits per heavy atom. The molecular formula is C18H23N2O+. The molecule has 2 aromatic carbocycles. The van der Waals surface area contributed by atoms with Gasteiger partial charge in [0.2, 0.25) is 0 Å². The van der Waals surface area contributed by atoms with Gasteiger partial charge in [-0.15, -0.1) is 0 Å². The zero-order valence-electron chi connectivity index (χ0n) is 12.8. The molecule has 0 aliphatic heterocycles. The molecule has 3 N–H and O–H groups in total. The molecule has 2 aromatic rings. The highest BCUT2D eigenvalue weighted by Crippen LogP contribution is 2.18. The third kappa shape index (κ3) is 3.92. The molecule has 0 radical (unpaired) electrons. The Kier molecular flexibility index (Phi) is 5.12. The molecule has 2 rings (SSSR count). The van der Waals surface area contributed by atoms with Crippen LogP contribution >= 0.6 is 0 Å². The zero-order chi connectivity index (χ0) is 15.2. The maximum atomic E-state index is 11.8. The van der Waals surface area contributed by atoms with Crippen molar-refractivity contribution in [1.82, 2.24) is 5.32 Å². The van der Waals surface area contributed by atoms with E-state index in [0.29, 0.717) is 0 Å². The predicted octanol–water partition coefficient (Wildman–Crippen LogP) is 1.78. The summed E-state index contributed by atoms with van der Waals surface area (Å²) >= 11 is 0. The summed E-state index contributed by atoms with van der Waals surface area (Å²) in [5, 5.41) is 4.82. The number of nitrogens with one attached hydrogen (secondary N) is 1. The van der Waals surface area contributed by atoms with Gasteiger partial charge in [0, 0.05) is 18.2 Å². The summed E-state index contributed by atoms with van der Waals surface area (Å²) in [7, 11) is 1.68. The average Bonchev–Trinajstić information content (AvgIpc) is 2.53. The molecule has 0 heterocycles. The zero-order valence-corrected chi connectivity index (χ0v) is 12.8. The molecule has 0 saturated heterocycles. The van der Waals surface area contributed by atoms with Gasteiger partial charge in [-0.25, -0.2) is 0 Å². The lowest BCUT2D eigenvalue weighted by Gasteiger charge is -2.20. The SMILES string of the molecule is CNC(=O)[C@H](C)[NH2+][C@H](c1ccccc1)c1ccc(C)cc1. The van der Waals surface area contributed by atoms with Gasteiger partial charge in [0.15, 0.2) is 6.04 Å². The second-order valence-electron chi connectivity index (χ2n) is 5.39. The van der Waals surface area contributed by atoms with Crippen LogP contribution in [0.15, 0.2) is 54.6 Å². The molecule has 0 fully saturated rings. The third-order valence-electron chi connectivity index (χ3n) is 3.74. The summed E-state index contributed by atoms with van der Waals surface area (Å²) in [5.74, 6) is 0.0445. The molecule has 0 aromatic heterocycles. The highest BCUT2D eigenvalue weighted by molar-refractivity contribution is 5.79. The van der Waals surface area contributed by atoms with E-state index in [-0.39, 0.29) is 18.0 Å². The molecule has 110 valence electrons. The molecule has 3 heteroatoms. The first-order valence-corrected chi connectivity index (χ1v) is 7.30. The number of aryl methyl sites for hydroxylation is 1. The number of rotatable bonds is 5. The fourth-order valence-corrected chi connectivity index (χ4v) is 2.45. The number of quaternary nitrogens is 1. The molecule has 0 bridgehead atoms. The van der Waals surface area contributed by atoms with Crippen molar-refractivity contribution in [3.63, 3.8) is 0 Å². The number of carbonyl (C=O) groups is 1. The van der Waals surface area contributed by atoms with Crippen molar-refractivity contribution in [2.45, 2.75) is 25.9 Å². The molecular weight excluding hydrogens is 260 g/mol. The standard InChI is InChI=1S/C18H22N2O/c1-13-9-11-16(12-10-13)17(15-7-5-4-6-8-15)20-14(2)18(21)19-3/h4-12,14,17,20H,1-3H3,(H,19,21)/p+1/t14-,17+/m0/s1. The Bertz CT molecular complexity index is 578. The number of carbonyl (C=O) groups excluding carboxylic acids is 1. The summed E-state index contributed by atoms with van der Waals surface area (Å²) in [4.78, 5) is 11.8. The van der Waals surface area contributed by atoms with Crippen LogP contribution in [0, 0.1) is 6.92 Å². The van der Waals surface area contributed by atoms with Crippen molar-refractivity contribution in [1.29, 1.82) is 0 Å². The smallest absolute Gasteiger partial charge is 0.277 e. The average molecular weight is 283 g/mol. The van der Waals surface area contributed by atoms with E-state index in [9.17, 15) is 4.79 Å². The molecule has 0 aliphatic carbocycles. The summed E-state index contributed by atoms with van der Waals surface area (Å²) in [6.45, 7) is 4.02. The summed E-state index contributed by atoms with van der Waals surface area (Å²) in [5.41, 5.74) is 3.66. The van der Waals surface area contributed by atoms with Crippen LogP contribution in [0.5, 0.6) is 0 Å². The van der Waals surface area contributed by atoms with Crippen LogP contribution in [-0.4, -0.2) is 19.0 Å². The van der Waals surface area contributed by atoms with Crippen molar-refractivity contribution < 1.29 is 10.1 Å². The first-order chi connectivity index (χ1) is 10.1. The molecule has 0 unspecified atom stereocenters. The largest absolute Gasteiger partial charge is 0.354 e. The van der Waals surface area contributed by atoms with Crippen LogP contribution in [-0.2, 0) is 4.79 Å². The second-order valence-corrected chi connectivity index (χ2v) is 5.39. The van der Waals surface area contributed by atoms with Crippen molar-refractivity contribution >= 4 is 5.91 Å². The van der Waals surface area contributed by atoms with Gasteiger partial charge in [0.25, 0.3) is 5.91 Å². The van der Waals surface area contributed by atoms with E-state index in [4.69, 9.17) is 0 Å². The third-order valence-corrected chi connectivity index (χ3v) is 3.74. The van der Waals surface area contributed by atoms with E-state index >= 15 is 0 Å². The monoisotopic (exact) mass is 283 g/mol. The number of likely N-dealkylation sites (N-methyl/N-ethyl adjacent to an activating group) is 1. The van der Waals surface area contributed by atoms with E-state index in [2.05, 4.69) is 54.0 Å². The minimum Gasteiger partial charge on any atom is -0.354 e. The Morgan fingerprint density at radius 1 is 1.00 bits per heavy atom. The Balaban J connectivity index is 2.31. The van der Waals surface area contributed by atoms with Crippen LogP contribution in [0.2, 0.25) is 0 Å². The van der Waals surface area contributed by atoms with Crippen LogP contribution < -0.4 is 10.6 Å². The number of hydrogen-bond donors (Lipinski definition) is 2. The number of hydrogen-bond acceptors (Lipinski definition) is 1. The second kappa shape index (κ2) is 7.04. The molecule has 1 amide bonds. The molecule has 0 aliphatic rings. The van der Waals surface area contributed by atoms with E-state index in [1.807, 2.05) is 25.1 Å². The molecule has 0 saturated carbocycles. The first kappa shape index (κ1) is 15.3. The van der Waals surface area contributed by atoms with Gasteiger partial charge in [0.05, 0.1) is 0 Å². The topological polar surface area (TPSA) is 45.7 Å². The lowest BCUT2D eigenvalue weighted by atomic mass is 9.97. The van der Waals surface area contributed by atoms with Crippen LogP contribution in [0.1, 0.15) is 29.7 Å². The lowest BCUT2D eigenvalue weighted by Crippen LogP contribution is -2.92. The summed E-state index contributed by atoms with van der Waals surface area (Å²) in [6.07, 6.45) is 0. The fourth-order valence-electron chi connectivity index (χ4n) is 2.45. The van der Waals surface area contributed by atoms with Gasteiger partial charge in [-0.2, -0.15) is 0 Å². The summed E-state index contributed by atoms with van der Waals surface area (Å²) in [6, 6.07) is 18.8. The number of amides is 1. The highest BCUT2D eigenvalue weighted by atomic mass is 16.2. The normalized spacial score (nSPS) is 13.5. The first-order valence-electron chi connectivity index (χ1n) is 7.30. The van der Waals surface area contributed by atoms with Gasteiger partial charge in [0.1, 0.15) is 6.04 Å². The Morgan fingerprint density at radius 3 is 2.14 bits per heavy atom. The van der Waals surface area contributed by atoms with Crippen LogP contribution in [0.3, 0.4) is 0 Å². The van der Waals surface area contributed by atoms with E-state index in [1.54, 1.807) is 7.05 Å². The molecule has 21 heavy (non-hydrogen) atoms. The summed E-state index contributed by atoms with van der Waals surface area (Å²) < 4.78 is 0. The lowest BCUT2D eigenvalue weighted by molar-refractivity contribution is -0.704. The van der Waals surface area contributed by atoms with E-state index in [1.165, 1.54) is 16.7 Å². The fraction of sp³-hybridized carbons (Fsp3) is 0.278. The maximum Gasteiger partial charge on any atom is 0.277 e. The van der Waals surface area contributed by atoms with Gasteiger partial charge in [-0.05, 0) is 13.8 Å². The minimum atomic E-state index is -0.137. The van der Waals surface area contributed by atoms with Crippen molar-refractivity contribution in [3.05, 3.63) is 71.3 Å². The molecule has 3 nitrogen and oxygen atoms in total. The Hall–Kier alpha value is -2.13. The van der Waals surface area contributed by atoms with Gasteiger partial charge >= 0.3 is 0 Å². The highest BCUT2D eigenvalue weighted by Gasteiger charge is 2.23. The number of nitrogens with two attached hydrogens (primary N) is 1. The predicted molar refractivity (Wildman–Crippen MR) is 84.9 cm³/mol. The van der Waals surface area contributed by atoms with Crippen LogP contribution in [0.4, 0.5) is 0 Å². The van der Waals surface area contributed by atoms with Crippen molar-refractivity contribution in [3.8, 4) is 0 Å². The van der Waals surface area contributed by atoms with Crippen molar-refractivity contribution in [2.75, 3.05) is 7.05 Å². The maximum absolute atomic E-state index is 11.8. The van der Waals surface area contributed by atoms with Gasteiger partial charge < -0.3 is 10.6 Å². The quantitative estimate of drug-likeness (QED) is 0.863. The molecule has 0 spiro atoms. The molecule has 2 atom stereocenters. The van der Waals surface area contributed by atoms with Gasteiger partial charge in [-0.3, -0.25) is 4.79 Å².